The Labute approximate surface area is 159 Å². The quantitative estimate of drug-likeness (QED) is 0.682. The molecule has 0 aliphatic heterocycles. The monoisotopic (exact) mass is 351 g/mol. The van der Waals surface area contributed by atoms with Gasteiger partial charge in [-0.1, -0.05) is 82.3 Å². The summed E-state index contributed by atoms with van der Waals surface area (Å²) in [5.41, 5.74) is 2.69. The van der Waals surface area contributed by atoms with Crippen molar-refractivity contribution in [2.75, 3.05) is 6.54 Å². The van der Waals surface area contributed by atoms with Gasteiger partial charge in [0.15, 0.2) is 0 Å². The second kappa shape index (κ2) is 9.02. The second-order valence-corrected chi connectivity index (χ2v) is 8.23. The van der Waals surface area contributed by atoms with Crippen molar-refractivity contribution < 1.29 is 4.79 Å². The van der Waals surface area contributed by atoms with Crippen molar-refractivity contribution in [1.82, 2.24) is 5.32 Å². The Hall–Kier alpha value is -2.09. The first-order valence-electron chi connectivity index (χ1n) is 9.77. The third-order valence-electron chi connectivity index (χ3n) is 4.96. The summed E-state index contributed by atoms with van der Waals surface area (Å²) in [4.78, 5) is 13.3. The standard InChI is InChI=1S/C24H33NO/c1-18(2)14-15-25-23(26)24(5,21-11-7-6-8-12-21)22-13-9-10-20(17-22)16-19(3)4/h6-13,17-19H,14-16H2,1-5H3,(H,25,26). The molecule has 2 heteroatoms. The molecule has 1 unspecified atom stereocenters. The van der Waals surface area contributed by atoms with Crippen LogP contribution in [0.4, 0.5) is 0 Å². The summed E-state index contributed by atoms with van der Waals surface area (Å²) in [6, 6.07) is 18.6. The van der Waals surface area contributed by atoms with E-state index >= 15 is 0 Å². The zero-order chi connectivity index (χ0) is 19.2. The molecule has 0 saturated heterocycles. The van der Waals surface area contributed by atoms with Crippen LogP contribution in [-0.2, 0) is 16.6 Å². The lowest BCUT2D eigenvalue weighted by Crippen LogP contribution is -2.43. The number of carbonyl (C=O) groups is 1. The summed E-state index contributed by atoms with van der Waals surface area (Å²) >= 11 is 0. The van der Waals surface area contributed by atoms with Crippen LogP contribution < -0.4 is 5.32 Å². The third-order valence-corrected chi connectivity index (χ3v) is 4.96. The number of hydrogen-bond acceptors (Lipinski definition) is 1. The molecule has 0 aliphatic rings. The minimum Gasteiger partial charge on any atom is -0.355 e. The molecule has 1 amide bonds. The van der Waals surface area contributed by atoms with Crippen LogP contribution in [0.25, 0.3) is 0 Å². The highest BCUT2D eigenvalue weighted by atomic mass is 16.2. The van der Waals surface area contributed by atoms with Gasteiger partial charge in [-0.15, -0.1) is 0 Å². The molecule has 0 radical (unpaired) electrons. The van der Waals surface area contributed by atoms with Crippen molar-refractivity contribution >= 4 is 5.91 Å². The smallest absolute Gasteiger partial charge is 0.234 e. The van der Waals surface area contributed by atoms with Gasteiger partial charge in [0.1, 0.15) is 0 Å². The van der Waals surface area contributed by atoms with E-state index in [-0.39, 0.29) is 5.91 Å². The first-order chi connectivity index (χ1) is 12.3. The van der Waals surface area contributed by atoms with Gasteiger partial charge in [0.05, 0.1) is 5.41 Å². The summed E-state index contributed by atoms with van der Waals surface area (Å²) < 4.78 is 0. The van der Waals surface area contributed by atoms with Crippen molar-refractivity contribution in [2.24, 2.45) is 11.8 Å². The van der Waals surface area contributed by atoms with Crippen molar-refractivity contribution in [3.8, 4) is 0 Å². The van der Waals surface area contributed by atoms with Gasteiger partial charge in [-0.3, -0.25) is 4.79 Å². The Balaban J connectivity index is 2.40. The molecule has 26 heavy (non-hydrogen) atoms. The molecule has 140 valence electrons. The molecule has 1 atom stereocenters. The summed E-state index contributed by atoms with van der Waals surface area (Å²) in [5.74, 6) is 1.24. The van der Waals surface area contributed by atoms with Crippen molar-refractivity contribution in [1.29, 1.82) is 0 Å². The number of nitrogens with one attached hydrogen (secondary N) is 1. The van der Waals surface area contributed by atoms with E-state index in [2.05, 4.69) is 69.4 Å². The molecule has 0 spiro atoms. The van der Waals surface area contributed by atoms with Crippen molar-refractivity contribution in [3.63, 3.8) is 0 Å². The van der Waals surface area contributed by atoms with Gasteiger partial charge in [0, 0.05) is 6.54 Å². The maximum Gasteiger partial charge on any atom is 0.234 e. The van der Waals surface area contributed by atoms with Gasteiger partial charge in [-0.25, -0.2) is 0 Å². The fourth-order valence-corrected chi connectivity index (χ4v) is 3.33. The van der Waals surface area contributed by atoms with E-state index in [1.807, 2.05) is 25.1 Å². The number of amides is 1. The SMILES string of the molecule is CC(C)CCNC(=O)C(C)(c1ccccc1)c1cccc(CC(C)C)c1. The van der Waals surface area contributed by atoms with Crippen LogP contribution in [0.1, 0.15) is 57.7 Å². The van der Waals surface area contributed by atoms with Crippen LogP contribution in [0.2, 0.25) is 0 Å². The van der Waals surface area contributed by atoms with Crippen LogP contribution >= 0.6 is 0 Å². The fourth-order valence-electron chi connectivity index (χ4n) is 3.33. The van der Waals surface area contributed by atoms with Gasteiger partial charge in [-0.05, 0) is 48.3 Å². The highest BCUT2D eigenvalue weighted by molar-refractivity contribution is 5.91. The molecule has 0 fully saturated rings. The highest BCUT2D eigenvalue weighted by Crippen LogP contribution is 2.33. The molecule has 0 bridgehead atoms. The van der Waals surface area contributed by atoms with Gasteiger partial charge in [0.2, 0.25) is 5.91 Å². The van der Waals surface area contributed by atoms with E-state index in [1.54, 1.807) is 0 Å². The van der Waals surface area contributed by atoms with Gasteiger partial charge in [-0.2, -0.15) is 0 Å². The van der Waals surface area contributed by atoms with Gasteiger partial charge < -0.3 is 5.32 Å². The average Bonchev–Trinajstić information content (AvgIpc) is 2.61. The Morgan fingerprint density at radius 2 is 1.58 bits per heavy atom. The van der Waals surface area contributed by atoms with E-state index in [0.717, 1.165) is 24.0 Å². The summed E-state index contributed by atoms with van der Waals surface area (Å²) in [6.45, 7) is 11.6. The lowest BCUT2D eigenvalue weighted by molar-refractivity contribution is -0.124. The van der Waals surface area contributed by atoms with Crippen molar-refractivity contribution in [3.05, 3.63) is 71.3 Å². The van der Waals surface area contributed by atoms with E-state index in [0.29, 0.717) is 18.4 Å². The molecule has 2 nitrogen and oxygen atoms in total. The van der Waals surface area contributed by atoms with Crippen LogP contribution in [0.15, 0.2) is 54.6 Å². The molecule has 0 aliphatic carbocycles. The number of carbonyl (C=O) groups excluding carboxylic acids is 1. The van der Waals surface area contributed by atoms with E-state index in [1.165, 1.54) is 5.56 Å². The Kier molecular flexibility index (Phi) is 7.02. The maximum absolute atomic E-state index is 13.3. The molecule has 2 aromatic carbocycles. The zero-order valence-corrected chi connectivity index (χ0v) is 16.9. The molecule has 0 aromatic heterocycles. The van der Waals surface area contributed by atoms with Crippen LogP contribution in [-0.4, -0.2) is 12.5 Å². The summed E-state index contributed by atoms with van der Waals surface area (Å²) in [6.07, 6.45) is 2.01. The molecular weight excluding hydrogens is 318 g/mol. The van der Waals surface area contributed by atoms with Gasteiger partial charge >= 0.3 is 0 Å². The lowest BCUT2D eigenvalue weighted by Gasteiger charge is -2.30. The first-order valence-corrected chi connectivity index (χ1v) is 9.77. The molecule has 0 heterocycles. The topological polar surface area (TPSA) is 29.1 Å². The predicted molar refractivity (Wildman–Crippen MR) is 110 cm³/mol. The molecular formula is C24H33NO. The average molecular weight is 352 g/mol. The van der Waals surface area contributed by atoms with Crippen LogP contribution in [0, 0.1) is 11.8 Å². The number of benzene rings is 2. The van der Waals surface area contributed by atoms with Crippen molar-refractivity contribution in [2.45, 2.75) is 52.9 Å². The van der Waals surface area contributed by atoms with Crippen LogP contribution in [0.3, 0.4) is 0 Å². The minimum atomic E-state index is -0.689. The normalized spacial score (nSPS) is 13.7. The summed E-state index contributed by atoms with van der Waals surface area (Å²) in [7, 11) is 0. The van der Waals surface area contributed by atoms with E-state index < -0.39 is 5.41 Å². The number of rotatable bonds is 8. The molecule has 2 rings (SSSR count). The van der Waals surface area contributed by atoms with Gasteiger partial charge in [0.25, 0.3) is 0 Å². The lowest BCUT2D eigenvalue weighted by atomic mass is 9.74. The summed E-state index contributed by atoms with van der Waals surface area (Å²) in [5, 5.41) is 3.17. The maximum atomic E-state index is 13.3. The highest BCUT2D eigenvalue weighted by Gasteiger charge is 2.37. The van der Waals surface area contributed by atoms with E-state index in [4.69, 9.17) is 0 Å². The number of hydrogen-bond donors (Lipinski definition) is 1. The third kappa shape index (κ3) is 4.97. The Morgan fingerprint density at radius 1 is 0.923 bits per heavy atom. The van der Waals surface area contributed by atoms with Crippen LogP contribution in [0.5, 0.6) is 0 Å². The first kappa shape index (κ1) is 20.2. The molecule has 1 N–H and O–H groups in total. The second-order valence-electron chi connectivity index (χ2n) is 8.23. The fraction of sp³-hybridized carbons (Fsp3) is 0.458. The Morgan fingerprint density at radius 3 is 2.19 bits per heavy atom. The van der Waals surface area contributed by atoms with E-state index in [9.17, 15) is 4.79 Å². The predicted octanol–water partition coefficient (Wildman–Crippen LogP) is 5.35. The largest absolute Gasteiger partial charge is 0.355 e. The zero-order valence-electron chi connectivity index (χ0n) is 16.9. The Bertz CT molecular complexity index is 705. The minimum absolute atomic E-state index is 0.0750. The molecule has 0 saturated carbocycles. The molecule has 2 aromatic rings.